The van der Waals surface area contributed by atoms with Crippen LogP contribution in [0.25, 0.3) is 11.1 Å². The number of nitrogens with zero attached hydrogens (tertiary/aromatic N) is 1. The van der Waals surface area contributed by atoms with Crippen molar-refractivity contribution in [1.82, 2.24) is 0 Å². The molecule has 0 aromatic heterocycles. The largest absolute Gasteiger partial charge is 0.460 e. The summed E-state index contributed by atoms with van der Waals surface area (Å²) in [6.07, 6.45) is 0. The van der Waals surface area contributed by atoms with E-state index in [4.69, 9.17) is 0 Å². The maximum absolute atomic E-state index is 11.8. The molecule has 0 fully saturated rings. The molecule has 2 aromatic rings. The van der Waals surface area contributed by atoms with Crippen molar-refractivity contribution in [2.75, 3.05) is 6.61 Å². The summed E-state index contributed by atoms with van der Waals surface area (Å²) in [5.74, 6) is -1.66. The number of ether oxygens (including phenoxy) is 1. The van der Waals surface area contributed by atoms with Crippen molar-refractivity contribution in [1.29, 1.82) is 0 Å². The van der Waals surface area contributed by atoms with Crippen molar-refractivity contribution in [2.45, 2.75) is 6.92 Å². The zero-order valence-electron chi connectivity index (χ0n) is 11.8. The number of ketones is 1. The quantitative estimate of drug-likeness (QED) is 0.278. The molecule has 2 aromatic carbocycles. The van der Waals surface area contributed by atoms with Crippen LogP contribution in [0.15, 0.2) is 48.5 Å². The van der Waals surface area contributed by atoms with Crippen molar-refractivity contribution in [3.05, 3.63) is 64.2 Å². The van der Waals surface area contributed by atoms with Crippen LogP contribution >= 0.6 is 0 Å². The smallest absolute Gasteiger partial charge is 0.379 e. The first-order valence-electron chi connectivity index (χ1n) is 6.60. The first kappa shape index (κ1) is 15.4. The number of rotatable bonds is 5. The van der Waals surface area contributed by atoms with Crippen LogP contribution in [0.2, 0.25) is 0 Å². The first-order valence-corrected chi connectivity index (χ1v) is 6.60. The molecule has 0 atom stereocenters. The Morgan fingerprint density at radius 3 is 2.32 bits per heavy atom. The lowest BCUT2D eigenvalue weighted by Gasteiger charge is -2.05. The maximum Gasteiger partial charge on any atom is 0.379 e. The van der Waals surface area contributed by atoms with Crippen LogP contribution in [-0.2, 0) is 9.53 Å². The molecule has 0 aliphatic rings. The van der Waals surface area contributed by atoms with Gasteiger partial charge in [-0.2, -0.15) is 0 Å². The zero-order chi connectivity index (χ0) is 16.1. The summed E-state index contributed by atoms with van der Waals surface area (Å²) in [5.41, 5.74) is 1.20. The summed E-state index contributed by atoms with van der Waals surface area (Å²) in [4.78, 5) is 33.7. The third kappa shape index (κ3) is 3.17. The summed E-state index contributed by atoms with van der Waals surface area (Å²) < 4.78 is 4.65. The molecule has 0 N–H and O–H groups in total. The number of benzene rings is 2. The maximum atomic E-state index is 11.8. The molecule has 112 valence electrons. The molecule has 0 aliphatic heterocycles. The minimum atomic E-state index is -0.916. The number of carbonyl (C=O) groups excluding carboxylic acids is 2. The lowest BCUT2D eigenvalue weighted by Crippen LogP contribution is -2.17. The Labute approximate surface area is 126 Å². The average Bonchev–Trinajstić information content (AvgIpc) is 2.54. The highest BCUT2D eigenvalue weighted by Crippen LogP contribution is 2.29. The van der Waals surface area contributed by atoms with Crippen LogP contribution in [0.5, 0.6) is 0 Å². The van der Waals surface area contributed by atoms with Crippen molar-refractivity contribution in [3.8, 4) is 11.1 Å². The van der Waals surface area contributed by atoms with Gasteiger partial charge in [0.2, 0.25) is 0 Å². The minimum Gasteiger partial charge on any atom is -0.460 e. The predicted molar refractivity (Wildman–Crippen MR) is 79.5 cm³/mol. The molecule has 0 radical (unpaired) electrons. The molecule has 0 aliphatic carbocycles. The summed E-state index contributed by atoms with van der Waals surface area (Å²) >= 11 is 0. The van der Waals surface area contributed by atoms with Gasteiger partial charge in [-0.15, -0.1) is 0 Å². The number of hydrogen-bond acceptors (Lipinski definition) is 5. The molecule has 0 spiro atoms. The van der Waals surface area contributed by atoms with Crippen LogP contribution in [0.3, 0.4) is 0 Å². The third-order valence-corrected chi connectivity index (χ3v) is 3.02. The second-order valence-corrected chi connectivity index (χ2v) is 4.40. The second kappa shape index (κ2) is 6.62. The topological polar surface area (TPSA) is 86.5 Å². The van der Waals surface area contributed by atoms with E-state index in [1.54, 1.807) is 37.3 Å². The monoisotopic (exact) mass is 299 g/mol. The van der Waals surface area contributed by atoms with E-state index in [1.807, 2.05) is 0 Å². The molecule has 0 amide bonds. The highest BCUT2D eigenvalue weighted by molar-refractivity contribution is 6.40. The number of Topliss-reactive ketones (excluding diaryl/α,β-unsaturated/α-hetero) is 1. The summed E-state index contributed by atoms with van der Waals surface area (Å²) in [7, 11) is 0. The van der Waals surface area contributed by atoms with Crippen molar-refractivity contribution in [2.24, 2.45) is 0 Å². The van der Waals surface area contributed by atoms with E-state index in [0.717, 1.165) is 0 Å². The average molecular weight is 299 g/mol. The van der Waals surface area contributed by atoms with Gasteiger partial charge in [0.05, 0.1) is 17.1 Å². The van der Waals surface area contributed by atoms with Gasteiger partial charge in [-0.25, -0.2) is 4.79 Å². The first-order chi connectivity index (χ1) is 10.5. The highest BCUT2D eigenvalue weighted by atomic mass is 16.6. The summed E-state index contributed by atoms with van der Waals surface area (Å²) in [5, 5.41) is 11.0. The van der Waals surface area contributed by atoms with E-state index in [1.165, 1.54) is 18.2 Å². The SMILES string of the molecule is CCOC(=O)C(=O)c1ccc(-c2ccccc2[N+](=O)[O-])cc1. The molecule has 0 bridgehead atoms. The Hall–Kier alpha value is -3.02. The molecule has 0 heterocycles. The summed E-state index contributed by atoms with van der Waals surface area (Å²) in [6.45, 7) is 1.74. The Balaban J connectivity index is 2.32. The van der Waals surface area contributed by atoms with Crippen LogP contribution in [0, 0.1) is 10.1 Å². The van der Waals surface area contributed by atoms with Gasteiger partial charge in [-0.1, -0.05) is 36.4 Å². The van der Waals surface area contributed by atoms with Crippen molar-refractivity contribution >= 4 is 17.4 Å². The fourth-order valence-electron chi connectivity index (χ4n) is 1.99. The fourth-order valence-corrected chi connectivity index (χ4v) is 1.99. The Bertz CT molecular complexity index is 722. The number of esters is 1. The third-order valence-electron chi connectivity index (χ3n) is 3.02. The predicted octanol–water partition coefficient (Wildman–Crippen LogP) is 3.01. The van der Waals surface area contributed by atoms with Crippen LogP contribution in [0.4, 0.5) is 5.69 Å². The van der Waals surface area contributed by atoms with Gasteiger partial charge in [0.1, 0.15) is 0 Å². The van der Waals surface area contributed by atoms with Crippen molar-refractivity contribution < 1.29 is 19.2 Å². The molecular weight excluding hydrogens is 286 g/mol. The standard InChI is InChI=1S/C16H13NO5/c1-2-22-16(19)15(18)12-9-7-11(8-10-12)13-5-3-4-6-14(13)17(20)21/h3-10H,2H2,1H3. The van der Waals surface area contributed by atoms with Gasteiger partial charge in [0.25, 0.3) is 11.5 Å². The van der Waals surface area contributed by atoms with Gasteiger partial charge >= 0.3 is 5.97 Å². The van der Waals surface area contributed by atoms with Gasteiger partial charge in [0, 0.05) is 11.6 Å². The lowest BCUT2D eigenvalue weighted by atomic mass is 10.0. The number of para-hydroxylation sites is 1. The van der Waals surface area contributed by atoms with Gasteiger partial charge in [0.15, 0.2) is 0 Å². The molecule has 6 nitrogen and oxygen atoms in total. The van der Waals surface area contributed by atoms with Crippen LogP contribution < -0.4 is 0 Å². The molecule has 0 saturated carbocycles. The van der Waals surface area contributed by atoms with E-state index < -0.39 is 16.7 Å². The second-order valence-electron chi connectivity index (χ2n) is 4.40. The van der Waals surface area contributed by atoms with E-state index in [9.17, 15) is 19.7 Å². The number of nitro benzene ring substituents is 1. The van der Waals surface area contributed by atoms with E-state index in [0.29, 0.717) is 11.1 Å². The van der Waals surface area contributed by atoms with Gasteiger partial charge in [-0.3, -0.25) is 14.9 Å². The molecule has 0 unspecified atom stereocenters. The Morgan fingerprint density at radius 1 is 1.09 bits per heavy atom. The zero-order valence-corrected chi connectivity index (χ0v) is 11.8. The molecule has 2 rings (SSSR count). The van der Waals surface area contributed by atoms with E-state index in [-0.39, 0.29) is 17.9 Å². The van der Waals surface area contributed by atoms with Crippen molar-refractivity contribution in [3.63, 3.8) is 0 Å². The number of carbonyl (C=O) groups is 2. The van der Waals surface area contributed by atoms with Crippen LogP contribution in [-0.4, -0.2) is 23.3 Å². The molecule has 6 heteroatoms. The Kier molecular flexibility index (Phi) is 4.63. The minimum absolute atomic E-state index is 0.0213. The van der Waals surface area contributed by atoms with E-state index in [2.05, 4.69) is 4.74 Å². The molecule has 0 saturated heterocycles. The van der Waals surface area contributed by atoms with Crippen LogP contribution in [0.1, 0.15) is 17.3 Å². The fraction of sp³-hybridized carbons (Fsp3) is 0.125. The van der Waals surface area contributed by atoms with Gasteiger partial charge in [-0.05, 0) is 18.6 Å². The number of nitro groups is 1. The van der Waals surface area contributed by atoms with E-state index >= 15 is 0 Å². The number of hydrogen-bond donors (Lipinski definition) is 0. The lowest BCUT2D eigenvalue weighted by molar-refractivity contribution is -0.384. The molecule has 22 heavy (non-hydrogen) atoms. The molecular formula is C16H13NO5. The summed E-state index contributed by atoms with van der Waals surface area (Å²) in [6, 6.07) is 12.3. The van der Waals surface area contributed by atoms with Gasteiger partial charge < -0.3 is 4.74 Å². The normalized spacial score (nSPS) is 10.0. The Morgan fingerprint density at radius 2 is 1.73 bits per heavy atom. The highest BCUT2D eigenvalue weighted by Gasteiger charge is 2.18.